The highest BCUT2D eigenvalue weighted by atomic mass is 32.2. The van der Waals surface area contributed by atoms with E-state index in [0.717, 1.165) is 32.4 Å². The summed E-state index contributed by atoms with van der Waals surface area (Å²) in [6.07, 6.45) is 2.81. The minimum Gasteiger partial charge on any atom is -0.316 e. The molecular formula is C15H21N3O4S. The van der Waals surface area contributed by atoms with Gasteiger partial charge in [0.05, 0.1) is 4.92 Å². The summed E-state index contributed by atoms with van der Waals surface area (Å²) in [5.74, 6) is 1.17. The number of sulfonamides is 1. The molecule has 0 spiro atoms. The number of para-hydroxylation sites is 1. The van der Waals surface area contributed by atoms with Crippen molar-refractivity contribution in [1.29, 1.82) is 0 Å². The molecular weight excluding hydrogens is 318 g/mol. The Morgan fingerprint density at radius 2 is 1.83 bits per heavy atom. The lowest BCUT2D eigenvalue weighted by molar-refractivity contribution is -0.387. The van der Waals surface area contributed by atoms with Crippen LogP contribution in [-0.4, -0.2) is 43.8 Å². The van der Waals surface area contributed by atoms with Gasteiger partial charge in [-0.25, -0.2) is 8.42 Å². The smallest absolute Gasteiger partial charge is 0.289 e. The van der Waals surface area contributed by atoms with Crippen molar-refractivity contribution in [3.8, 4) is 0 Å². The van der Waals surface area contributed by atoms with E-state index in [1.807, 2.05) is 0 Å². The Bertz CT molecular complexity index is 678. The van der Waals surface area contributed by atoms with Gasteiger partial charge in [0.25, 0.3) is 5.69 Å². The molecule has 0 aliphatic carbocycles. The SMILES string of the molecule is O=[N+]([O-])c1ccccc1S(=O)(=O)N1CCC(C2CCNC2)CC1. The summed E-state index contributed by atoms with van der Waals surface area (Å²) < 4.78 is 26.9. The van der Waals surface area contributed by atoms with E-state index in [1.54, 1.807) is 0 Å². The van der Waals surface area contributed by atoms with Crippen LogP contribution in [0.15, 0.2) is 29.2 Å². The molecule has 1 unspecified atom stereocenters. The van der Waals surface area contributed by atoms with Gasteiger partial charge in [0.1, 0.15) is 0 Å². The lowest BCUT2D eigenvalue weighted by Crippen LogP contribution is -2.40. The molecule has 1 aromatic carbocycles. The van der Waals surface area contributed by atoms with Gasteiger partial charge in [0, 0.05) is 19.2 Å². The van der Waals surface area contributed by atoms with E-state index in [9.17, 15) is 18.5 Å². The molecule has 2 fully saturated rings. The maximum Gasteiger partial charge on any atom is 0.289 e. The van der Waals surface area contributed by atoms with Gasteiger partial charge in [-0.15, -0.1) is 0 Å². The third-order valence-electron chi connectivity index (χ3n) is 4.94. The van der Waals surface area contributed by atoms with Crippen LogP contribution in [0.5, 0.6) is 0 Å². The van der Waals surface area contributed by atoms with E-state index in [4.69, 9.17) is 0 Å². The molecule has 0 radical (unpaired) electrons. The first-order chi connectivity index (χ1) is 11.0. The average molecular weight is 339 g/mol. The summed E-state index contributed by atoms with van der Waals surface area (Å²) in [7, 11) is -3.81. The summed E-state index contributed by atoms with van der Waals surface area (Å²) in [5.41, 5.74) is -0.352. The van der Waals surface area contributed by atoms with Gasteiger partial charge in [-0.05, 0) is 50.3 Å². The van der Waals surface area contributed by atoms with Crippen molar-refractivity contribution in [1.82, 2.24) is 9.62 Å². The maximum atomic E-state index is 12.7. The molecule has 23 heavy (non-hydrogen) atoms. The Morgan fingerprint density at radius 3 is 2.43 bits per heavy atom. The van der Waals surface area contributed by atoms with Crippen LogP contribution in [0.1, 0.15) is 19.3 Å². The molecule has 1 aromatic rings. The van der Waals surface area contributed by atoms with Crippen LogP contribution in [0, 0.1) is 22.0 Å². The summed E-state index contributed by atoms with van der Waals surface area (Å²) >= 11 is 0. The largest absolute Gasteiger partial charge is 0.316 e. The molecule has 2 aliphatic heterocycles. The van der Waals surface area contributed by atoms with E-state index in [0.29, 0.717) is 24.9 Å². The predicted octanol–water partition coefficient (Wildman–Crippen LogP) is 1.60. The van der Waals surface area contributed by atoms with Crippen LogP contribution in [0.4, 0.5) is 5.69 Å². The van der Waals surface area contributed by atoms with Crippen molar-refractivity contribution < 1.29 is 13.3 Å². The standard InChI is InChI=1S/C15H21N3O4S/c19-18(20)14-3-1-2-4-15(14)23(21,22)17-9-6-12(7-10-17)13-5-8-16-11-13/h1-4,12-13,16H,5-11H2. The molecule has 2 heterocycles. The summed E-state index contributed by atoms with van der Waals surface area (Å²) in [5, 5.41) is 14.4. The average Bonchev–Trinajstić information content (AvgIpc) is 3.09. The van der Waals surface area contributed by atoms with Gasteiger partial charge < -0.3 is 5.32 Å². The molecule has 2 aliphatic rings. The zero-order chi connectivity index (χ0) is 16.4. The van der Waals surface area contributed by atoms with Gasteiger partial charge in [-0.2, -0.15) is 4.31 Å². The monoisotopic (exact) mass is 339 g/mol. The van der Waals surface area contributed by atoms with Crippen molar-refractivity contribution in [2.45, 2.75) is 24.2 Å². The Kier molecular flexibility index (Phi) is 4.65. The van der Waals surface area contributed by atoms with Crippen LogP contribution < -0.4 is 5.32 Å². The number of nitrogens with zero attached hydrogens (tertiary/aromatic N) is 2. The van der Waals surface area contributed by atoms with Gasteiger partial charge in [-0.3, -0.25) is 10.1 Å². The van der Waals surface area contributed by atoms with Crippen molar-refractivity contribution in [2.24, 2.45) is 11.8 Å². The van der Waals surface area contributed by atoms with E-state index >= 15 is 0 Å². The molecule has 0 bridgehead atoms. The number of benzene rings is 1. The Morgan fingerprint density at radius 1 is 1.13 bits per heavy atom. The Labute approximate surface area is 135 Å². The molecule has 126 valence electrons. The van der Waals surface area contributed by atoms with E-state index < -0.39 is 14.9 Å². The van der Waals surface area contributed by atoms with Gasteiger partial charge in [0.15, 0.2) is 4.90 Å². The molecule has 8 heteroatoms. The van der Waals surface area contributed by atoms with Crippen LogP contribution in [0.2, 0.25) is 0 Å². The molecule has 7 nitrogen and oxygen atoms in total. The highest BCUT2D eigenvalue weighted by molar-refractivity contribution is 7.89. The molecule has 1 atom stereocenters. The Balaban J connectivity index is 1.75. The van der Waals surface area contributed by atoms with Gasteiger partial charge in [-0.1, -0.05) is 12.1 Å². The lowest BCUT2D eigenvalue weighted by atomic mass is 9.84. The highest BCUT2D eigenvalue weighted by Crippen LogP contribution is 2.33. The number of piperidine rings is 1. The first-order valence-electron chi connectivity index (χ1n) is 7.94. The summed E-state index contributed by atoms with van der Waals surface area (Å²) in [6, 6.07) is 5.57. The number of rotatable bonds is 4. The normalized spacial score (nSPS) is 23.9. The van der Waals surface area contributed by atoms with Gasteiger partial charge >= 0.3 is 0 Å². The molecule has 0 aromatic heterocycles. The number of hydrogen-bond acceptors (Lipinski definition) is 5. The molecule has 0 amide bonds. The zero-order valence-corrected chi connectivity index (χ0v) is 13.7. The van der Waals surface area contributed by atoms with E-state index in [-0.39, 0.29) is 10.6 Å². The number of nitro groups is 1. The fourth-order valence-electron chi connectivity index (χ4n) is 3.63. The third-order valence-corrected chi connectivity index (χ3v) is 6.89. The van der Waals surface area contributed by atoms with Gasteiger partial charge in [0.2, 0.25) is 10.0 Å². The predicted molar refractivity (Wildman–Crippen MR) is 85.6 cm³/mol. The van der Waals surface area contributed by atoms with Crippen LogP contribution in [0.3, 0.4) is 0 Å². The van der Waals surface area contributed by atoms with Crippen molar-refractivity contribution >= 4 is 15.7 Å². The quantitative estimate of drug-likeness (QED) is 0.664. The molecule has 0 saturated carbocycles. The van der Waals surface area contributed by atoms with Crippen molar-refractivity contribution in [2.75, 3.05) is 26.2 Å². The lowest BCUT2D eigenvalue weighted by Gasteiger charge is -2.33. The molecule has 2 saturated heterocycles. The topological polar surface area (TPSA) is 92.5 Å². The first-order valence-corrected chi connectivity index (χ1v) is 9.38. The minimum atomic E-state index is -3.81. The summed E-state index contributed by atoms with van der Waals surface area (Å²) in [4.78, 5) is 10.3. The second kappa shape index (κ2) is 6.54. The number of hydrogen-bond donors (Lipinski definition) is 1. The zero-order valence-electron chi connectivity index (χ0n) is 12.8. The second-order valence-electron chi connectivity index (χ2n) is 6.22. The number of nitrogens with one attached hydrogen (secondary N) is 1. The summed E-state index contributed by atoms with van der Waals surface area (Å²) in [6.45, 7) is 2.94. The fraction of sp³-hybridized carbons (Fsp3) is 0.600. The Hall–Kier alpha value is -1.51. The highest BCUT2D eigenvalue weighted by Gasteiger charge is 2.36. The molecule has 3 rings (SSSR count). The van der Waals surface area contributed by atoms with Crippen LogP contribution in [-0.2, 0) is 10.0 Å². The van der Waals surface area contributed by atoms with Crippen LogP contribution >= 0.6 is 0 Å². The fourth-order valence-corrected chi connectivity index (χ4v) is 5.26. The number of nitro benzene ring substituents is 1. The van der Waals surface area contributed by atoms with Crippen LogP contribution in [0.25, 0.3) is 0 Å². The van der Waals surface area contributed by atoms with E-state index in [1.165, 1.54) is 28.6 Å². The van der Waals surface area contributed by atoms with Crippen molar-refractivity contribution in [3.05, 3.63) is 34.4 Å². The minimum absolute atomic E-state index is 0.203. The maximum absolute atomic E-state index is 12.7. The second-order valence-corrected chi connectivity index (χ2v) is 8.13. The third kappa shape index (κ3) is 3.24. The van der Waals surface area contributed by atoms with E-state index in [2.05, 4.69) is 5.32 Å². The first kappa shape index (κ1) is 16.4. The molecule has 1 N–H and O–H groups in total. The van der Waals surface area contributed by atoms with Crippen molar-refractivity contribution in [3.63, 3.8) is 0 Å².